The Morgan fingerprint density at radius 3 is 2.61 bits per heavy atom. The molecular formula is C24H29N5OS. The molecule has 1 atom stereocenters. The summed E-state index contributed by atoms with van der Waals surface area (Å²) in [5.74, 6) is 0.0867. The van der Waals surface area contributed by atoms with Gasteiger partial charge in [0.25, 0.3) is 5.91 Å². The third-order valence-corrected chi connectivity index (χ3v) is 6.51. The van der Waals surface area contributed by atoms with Crippen molar-refractivity contribution >= 4 is 44.9 Å². The molecule has 0 spiro atoms. The number of nitrogen functional groups attached to an aromatic ring is 1. The van der Waals surface area contributed by atoms with Crippen molar-refractivity contribution in [1.82, 2.24) is 10.2 Å². The predicted molar refractivity (Wildman–Crippen MR) is 132 cm³/mol. The van der Waals surface area contributed by atoms with Gasteiger partial charge in [-0.3, -0.25) is 9.79 Å². The maximum Gasteiger partial charge on any atom is 0.264 e. The molecule has 1 aliphatic rings. The lowest BCUT2D eigenvalue weighted by Gasteiger charge is -2.26. The van der Waals surface area contributed by atoms with E-state index in [9.17, 15) is 4.79 Å². The molecule has 4 N–H and O–H groups in total. The van der Waals surface area contributed by atoms with Crippen LogP contribution in [0.4, 0.5) is 11.4 Å². The lowest BCUT2D eigenvalue weighted by Crippen LogP contribution is -2.46. The number of benzene rings is 2. The minimum Gasteiger partial charge on any atom is -0.398 e. The van der Waals surface area contributed by atoms with Crippen LogP contribution < -0.4 is 16.4 Å². The Morgan fingerprint density at radius 1 is 1.19 bits per heavy atom. The monoisotopic (exact) mass is 435 g/mol. The highest BCUT2D eigenvalue weighted by molar-refractivity contribution is 7.20. The number of nitrogens with one attached hydrogen (secondary N) is 2. The van der Waals surface area contributed by atoms with Crippen LogP contribution in [0.3, 0.4) is 0 Å². The van der Waals surface area contributed by atoms with E-state index < -0.39 is 0 Å². The largest absolute Gasteiger partial charge is 0.398 e. The number of fused-ring (bicyclic) bond motifs is 1. The molecule has 1 aliphatic heterocycles. The lowest BCUT2D eigenvalue weighted by atomic mass is 10.1. The number of hydrogen-bond donors (Lipinski definition) is 3. The van der Waals surface area contributed by atoms with Crippen molar-refractivity contribution in [2.45, 2.75) is 26.9 Å². The van der Waals surface area contributed by atoms with Crippen LogP contribution in [0.2, 0.25) is 0 Å². The van der Waals surface area contributed by atoms with Gasteiger partial charge in [-0.05, 0) is 62.2 Å². The predicted octanol–water partition coefficient (Wildman–Crippen LogP) is 4.02. The van der Waals surface area contributed by atoms with Gasteiger partial charge in [-0.25, -0.2) is 0 Å². The molecule has 1 amide bonds. The first-order valence-corrected chi connectivity index (χ1v) is 11.4. The van der Waals surface area contributed by atoms with Crippen LogP contribution in [0, 0.1) is 13.8 Å². The molecule has 2 aromatic carbocycles. The van der Waals surface area contributed by atoms with E-state index in [2.05, 4.69) is 47.7 Å². The van der Waals surface area contributed by atoms with Crippen LogP contribution in [0.1, 0.15) is 33.3 Å². The highest BCUT2D eigenvalue weighted by Crippen LogP contribution is 2.32. The van der Waals surface area contributed by atoms with Gasteiger partial charge in [-0.1, -0.05) is 6.07 Å². The summed E-state index contributed by atoms with van der Waals surface area (Å²) in [6.45, 7) is 9.35. The van der Waals surface area contributed by atoms with Crippen molar-refractivity contribution in [2.24, 2.45) is 4.99 Å². The maximum atomic E-state index is 12.8. The number of rotatable bonds is 5. The highest BCUT2D eigenvalue weighted by atomic mass is 32.1. The summed E-state index contributed by atoms with van der Waals surface area (Å²) in [4.78, 5) is 20.1. The Bertz CT molecular complexity index is 1110. The second-order valence-electron chi connectivity index (χ2n) is 8.11. The second-order valence-corrected chi connectivity index (χ2v) is 9.19. The van der Waals surface area contributed by atoms with Crippen LogP contribution in [-0.2, 0) is 0 Å². The number of hydrogen-bond acceptors (Lipinski definition) is 6. The van der Waals surface area contributed by atoms with E-state index in [1.807, 2.05) is 36.2 Å². The Kier molecular flexibility index (Phi) is 6.25. The van der Waals surface area contributed by atoms with E-state index >= 15 is 0 Å². The number of aryl methyl sites for hydroxylation is 2. The van der Waals surface area contributed by atoms with Gasteiger partial charge in [0, 0.05) is 59.4 Å². The molecule has 1 aromatic heterocycles. The number of piperazine rings is 1. The number of carbonyl (C=O) groups is 1. The number of amides is 1. The third kappa shape index (κ3) is 4.89. The average Bonchev–Trinajstić information content (AvgIpc) is 3.18. The van der Waals surface area contributed by atoms with Crippen molar-refractivity contribution in [3.8, 4) is 0 Å². The van der Waals surface area contributed by atoms with Gasteiger partial charge in [0.15, 0.2) is 0 Å². The minimum absolute atomic E-state index is 0.0867. The van der Waals surface area contributed by atoms with Crippen LogP contribution in [0.25, 0.3) is 10.1 Å². The fourth-order valence-corrected chi connectivity index (χ4v) is 4.97. The topological polar surface area (TPSA) is 82.8 Å². The molecule has 1 fully saturated rings. The van der Waals surface area contributed by atoms with Crippen molar-refractivity contribution in [3.63, 3.8) is 0 Å². The molecule has 1 saturated heterocycles. The summed E-state index contributed by atoms with van der Waals surface area (Å²) in [6.07, 6.45) is 1.72. The third-order valence-electron chi connectivity index (χ3n) is 5.43. The molecule has 0 aliphatic carbocycles. The van der Waals surface area contributed by atoms with Crippen LogP contribution in [0.15, 0.2) is 41.4 Å². The van der Waals surface area contributed by atoms with Crippen LogP contribution in [0.5, 0.6) is 0 Å². The Hall–Kier alpha value is -2.90. The van der Waals surface area contributed by atoms with Gasteiger partial charge in [0.2, 0.25) is 0 Å². The number of carbonyl (C=O) groups excluding carboxylic acids is 1. The lowest BCUT2D eigenvalue weighted by molar-refractivity contribution is 0.0741. The molecule has 2 heterocycles. The number of nitrogens with zero attached hydrogens (tertiary/aromatic N) is 2. The first kappa shape index (κ1) is 21.3. The zero-order valence-corrected chi connectivity index (χ0v) is 19.1. The van der Waals surface area contributed by atoms with E-state index in [0.717, 1.165) is 52.4 Å². The molecule has 0 radical (unpaired) electrons. The normalized spacial score (nSPS) is 15.5. The number of aliphatic imine (C=N–C) groups is 1. The fraction of sp³-hybridized carbons (Fsp3) is 0.333. The van der Waals surface area contributed by atoms with Gasteiger partial charge >= 0.3 is 0 Å². The second kappa shape index (κ2) is 9.08. The molecule has 162 valence electrons. The molecule has 31 heavy (non-hydrogen) atoms. The summed E-state index contributed by atoms with van der Waals surface area (Å²) in [7, 11) is 0. The first-order chi connectivity index (χ1) is 14.9. The highest BCUT2D eigenvalue weighted by Gasteiger charge is 2.20. The molecule has 7 heteroatoms. The van der Waals surface area contributed by atoms with Gasteiger partial charge in [-0.2, -0.15) is 0 Å². The van der Waals surface area contributed by atoms with Crippen LogP contribution in [-0.4, -0.2) is 49.4 Å². The van der Waals surface area contributed by atoms with Gasteiger partial charge < -0.3 is 21.3 Å². The smallest absolute Gasteiger partial charge is 0.264 e. The van der Waals surface area contributed by atoms with Crippen molar-refractivity contribution in [2.75, 3.05) is 37.2 Å². The fourth-order valence-electron chi connectivity index (χ4n) is 3.92. The molecule has 6 nitrogen and oxygen atoms in total. The number of thiophene rings is 1. The summed E-state index contributed by atoms with van der Waals surface area (Å²) in [5, 5.41) is 7.61. The minimum atomic E-state index is -0.0939. The van der Waals surface area contributed by atoms with E-state index in [4.69, 9.17) is 5.73 Å². The summed E-state index contributed by atoms with van der Waals surface area (Å²) < 4.78 is 1.02. The molecule has 0 saturated carbocycles. The van der Waals surface area contributed by atoms with E-state index in [1.54, 1.807) is 0 Å². The van der Waals surface area contributed by atoms with Gasteiger partial charge in [0.05, 0.1) is 4.88 Å². The Balaban J connectivity index is 1.51. The maximum absolute atomic E-state index is 12.8. The quantitative estimate of drug-likeness (QED) is 0.418. The first-order valence-electron chi connectivity index (χ1n) is 10.6. The molecule has 4 rings (SSSR count). The van der Waals surface area contributed by atoms with Gasteiger partial charge in [0.1, 0.15) is 6.17 Å². The zero-order chi connectivity index (χ0) is 22.0. The molecule has 1 unspecified atom stereocenters. The number of nitrogens with two attached hydrogens (primary N) is 1. The summed E-state index contributed by atoms with van der Waals surface area (Å²) >= 11 is 1.50. The summed E-state index contributed by atoms with van der Waals surface area (Å²) in [6, 6.07) is 12.3. The van der Waals surface area contributed by atoms with Crippen molar-refractivity contribution in [3.05, 3.63) is 58.0 Å². The Morgan fingerprint density at radius 2 is 1.90 bits per heavy atom. The van der Waals surface area contributed by atoms with Crippen molar-refractivity contribution in [1.29, 1.82) is 0 Å². The molecule has 0 bridgehead atoms. The van der Waals surface area contributed by atoms with Crippen molar-refractivity contribution < 1.29 is 4.79 Å². The van der Waals surface area contributed by atoms with Crippen LogP contribution >= 0.6 is 11.3 Å². The molecular weight excluding hydrogens is 406 g/mol. The van der Waals surface area contributed by atoms with E-state index in [-0.39, 0.29) is 12.1 Å². The average molecular weight is 436 g/mol. The number of anilines is 2. The Labute approximate surface area is 187 Å². The summed E-state index contributed by atoms with van der Waals surface area (Å²) in [5.41, 5.74) is 11.5. The standard InChI is InChI=1S/C24H29N5OS/c1-15-10-16(2)12-19(11-15)28-17(3)27-14-18-4-5-21-20(23(18)25)13-22(31-21)24(30)29-8-6-26-7-9-29/h4-5,10-14,17,26,28H,6-9,25H2,1-3H3. The van der Waals surface area contributed by atoms with Gasteiger partial charge in [-0.15, -0.1) is 11.3 Å². The SMILES string of the molecule is Cc1cc(C)cc(NC(C)N=Cc2ccc3sc(C(=O)N4CCNCC4)cc3c2N)c1. The van der Waals surface area contributed by atoms with E-state index in [1.165, 1.54) is 22.5 Å². The van der Waals surface area contributed by atoms with E-state index in [0.29, 0.717) is 5.69 Å². The molecule has 3 aromatic rings. The zero-order valence-electron chi connectivity index (χ0n) is 18.2.